The summed E-state index contributed by atoms with van der Waals surface area (Å²) in [4.78, 5) is 33.4. The monoisotopic (exact) mass is 552 g/mol. The Balaban J connectivity index is 0.000000260. The third-order valence-electron chi connectivity index (χ3n) is 9.40. The average molecular weight is 553 g/mol. The second-order valence-corrected chi connectivity index (χ2v) is 14.4. The summed E-state index contributed by atoms with van der Waals surface area (Å²) in [6.07, 6.45) is 11.6. The largest absolute Gasteiger partial charge is 0.466 e. The van der Waals surface area contributed by atoms with E-state index in [1.54, 1.807) is 0 Å². The number of esters is 3. The molecule has 5 aliphatic rings. The summed E-state index contributed by atoms with van der Waals surface area (Å²) in [6, 6.07) is 0. The Morgan fingerprint density at radius 2 is 1.51 bits per heavy atom. The van der Waals surface area contributed by atoms with Crippen LogP contribution in [-0.4, -0.2) is 48.4 Å². The lowest BCUT2D eigenvalue weighted by molar-refractivity contribution is -0.200. The minimum Gasteiger partial charge on any atom is -0.466 e. The highest BCUT2D eigenvalue weighted by Gasteiger charge is 2.61. The molecule has 4 unspecified atom stereocenters. The van der Waals surface area contributed by atoms with Crippen LogP contribution in [0.25, 0.3) is 0 Å². The fourth-order valence-electron chi connectivity index (χ4n) is 7.07. The normalized spacial score (nSPS) is 30.9. The van der Waals surface area contributed by atoms with Crippen molar-refractivity contribution >= 4 is 17.9 Å². The zero-order valence-corrected chi connectivity index (χ0v) is 26.1. The quantitative estimate of drug-likeness (QED) is 0.249. The maximum atomic E-state index is 12.1. The molecule has 0 spiro atoms. The maximum absolute atomic E-state index is 12.1. The van der Waals surface area contributed by atoms with Gasteiger partial charge in [0.1, 0.15) is 0 Å². The van der Waals surface area contributed by atoms with Gasteiger partial charge in [0, 0.05) is 6.42 Å². The molecular formula is C32H56O7. The fraction of sp³-hybridized carbons (Fsp3) is 0.906. The highest BCUT2D eigenvalue weighted by Crippen LogP contribution is 2.67. The van der Waals surface area contributed by atoms with Crippen molar-refractivity contribution in [3.63, 3.8) is 0 Å². The van der Waals surface area contributed by atoms with Crippen LogP contribution in [0.5, 0.6) is 0 Å². The smallest absolute Gasteiger partial charge is 0.311 e. The molecule has 226 valence electrons. The summed E-state index contributed by atoms with van der Waals surface area (Å²) in [5.74, 6) is 0.468. The molecule has 0 aromatic rings. The number of ether oxygens (including phenoxy) is 3. The number of hydrogen-bond donors (Lipinski definition) is 1. The van der Waals surface area contributed by atoms with Gasteiger partial charge in [-0.3, -0.25) is 14.4 Å². The van der Waals surface area contributed by atoms with Gasteiger partial charge in [-0.15, -0.1) is 0 Å². The van der Waals surface area contributed by atoms with E-state index < -0.39 is 5.60 Å². The van der Waals surface area contributed by atoms with Gasteiger partial charge in [0.25, 0.3) is 0 Å². The second kappa shape index (κ2) is 13.4. The van der Waals surface area contributed by atoms with Crippen molar-refractivity contribution in [1.29, 1.82) is 0 Å². The van der Waals surface area contributed by atoms with E-state index in [1.807, 2.05) is 48.5 Å². The van der Waals surface area contributed by atoms with Gasteiger partial charge in [0.2, 0.25) is 0 Å². The van der Waals surface area contributed by atoms with Gasteiger partial charge < -0.3 is 19.3 Å². The molecule has 7 nitrogen and oxygen atoms in total. The second-order valence-electron chi connectivity index (χ2n) is 14.4. The predicted molar refractivity (Wildman–Crippen MR) is 152 cm³/mol. The van der Waals surface area contributed by atoms with E-state index in [-0.39, 0.29) is 34.2 Å². The van der Waals surface area contributed by atoms with Gasteiger partial charge in [-0.2, -0.15) is 0 Å². The number of carbonyl (C=O) groups excluding carboxylic acids is 3. The van der Waals surface area contributed by atoms with Crippen molar-refractivity contribution in [3.05, 3.63) is 0 Å². The molecule has 0 aromatic carbocycles. The molecule has 4 saturated carbocycles. The Bertz CT molecular complexity index is 819. The molecule has 4 atom stereocenters. The molecule has 1 aliphatic heterocycles. The van der Waals surface area contributed by atoms with Crippen LogP contribution >= 0.6 is 0 Å². The molecule has 39 heavy (non-hydrogen) atoms. The lowest BCUT2D eigenvalue weighted by atomic mass is 9.42. The molecular weight excluding hydrogens is 496 g/mol. The molecule has 1 N–H and O–H groups in total. The molecule has 7 heteroatoms. The Morgan fingerprint density at radius 1 is 0.923 bits per heavy atom. The van der Waals surface area contributed by atoms with Crippen LogP contribution in [-0.2, 0) is 28.6 Å². The minimum absolute atomic E-state index is 0.0463. The first kappa shape index (κ1) is 33.6. The van der Waals surface area contributed by atoms with E-state index in [0.29, 0.717) is 37.6 Å². The number of aliphatic hydroxyl groups is 1. The number of hydrogen-bond acceptors (Lipinski definition) is 7. The van der Waals surface area contributed by atoms with E-state index in [1.165, 1.54) is 19.3 Å². The first-order chi connectivity index (χ1) is 18.0. The third kappa shape index (κ3) is 9.47. The summed E-state index contributed by atoms with van der Waals surface area (Å²) in [5.41, 5.74) is -0.623. The zero-order valence-electron chi connectivity index (χ0n) is 26.1. The molecule has 1 saturated heterocycles. The number of rotatable bonds is 9. The average Bonchev–Trinajstić information content (AvgIpc) is 3.31. The topological polar surface area (TPSA) is 99.1 Å². The standard InChI is InChI=1S/C19H32O3.C9H18O2.C4H6O2/c1-5-16(2,3)15(20)22-7-6-18-9-14-8-17(4,11-18)12-19(21,10-14)13-18;1-5-7-11-8(10)9(3,4)6-2;5-4-2-1-3-6-4/h14,21H,5-13H2,1-4H3;5-7H2,1-4H3;1-3H2. The Hall–Kier alpha value is -1.63. The van der Waals surface area contributed by atoms with Gasteiger partial charge in [0.05, 0.1) is 36.3 Å². The lowest BCUT2D eigenvalue weighted by Crippen LogP contribution is -2.59. The Morgan fingerprint density at radius 3 is 1.92 bits per heavy atom. The minimum atomic E-state index is -0.444. The third-order valence-corrected chi connectivity index (χ3v) is 9.40. The molecule has 0 aromatic heterocycles. The van der Waals surface area contributed by atoms with Crippen LogP contribution in [0, 0.1) is 27.6 Å². The SMILES string of the molecule is CCC(C)(C)C(=O)OCCC12CC3CC(C)(CC(O)(C3)C1)C2.CCCOC(=O)C(C)(C)CC.O=C1CCCO1. The summed E-state index contributed by atoms with van der Waals surface area (Å²) < 4.78 is 15.1. The molecule has 4 bridgehead atoms. The van der Waals surface area contributed by atoms with Gasteiger partial charge >= 0.3 is 17.9 Å². The van der Waals surface area contributed by atoms with Gasteiger partial charge in [-0.25, -0.2) is 0 Å². The summed E-state index contributed by atoms with van der Waals surface area (Å²) in [7, 11) is 0. The zero-order chi connectivity index (χ0) is 29.5. The Kier molecular flexibility index (Phi) is 11.5. The summed E-state index contributed by atoms with van der Waals surface area (Å²) in [6.45, 7) is 17.8. The van der Waals surface area contributed by atoms with Gasteiger partial charge in [-0.1, -0.05) is 27.7 Å². The van der Waals surface area contributed by atoms with E-state index >= 15 is 0 Å². The maximum Gasteiger partial charge on any atom is 0.311 e. The van der Waals surface area contributed by atoms with Crippen molar-refractivity contribution < 1.29 is 33.7 Å². The van der Waals surface area contributed by atoms with Crippen LogP contribution in [0.2, 0.25) is 0 Å². The van der Waals surface area contributed by atoms with Crippen LogP contribution in [0.1, 0.15) is 132 Å². The molecule has 4 aliphatic carbocycles. The number of carbonyl (C=O) groups is 3. The van der Waals surface area contributed by atoms with Crippen LogP contribution in [0.15, 0.2) is 0 Å². The molecule has 0 amide bonds. The first-order valence-electron chi connectivity index (χ1n) is 15.3. The summed E-state index contributed by atoms with van der Waals surface area (Å²) >= 11 is 0. The van der Waals surface area contributed by atoms with Crippen molar-refractivity contribution in [3.8, 4) is 0 Å². The molecule has 0 radical (unpaired) electrons. The first-order valence-corrected chi connectivity index (χ1v) is 15.3. The summed E-state index contributed by atoms with van der Waals surface area (Å²) in [5, 5.41) is 10.9. The van der Waals surface area contributed by atoms with Crippen LogP contribution < -0.4 is 0 Å². The highest BCUT2D eigenvalue weighted by molar-refractivity contribution is 5.76. The predicted octanol–water partition coefficient (Wildman–Crippen LogP) is 6.78. The molecule has 1 heterocycles. The molecule has 5 rings (SSSR count). The van der Waals surface area contributed by atoms with Crippen molar-refractivity contribution in [2.45, 2.75) is 138 Å². The van der Waals surface area contributed by atoms with Crippen LogP contribution in [0.4, 0.5) is 0 Å². The van der Waals surface area contributed by atoms with Crippen LogP contribution in [0.3, 0.4) is 0 Å². The van der Waals surface area contributed by atoms with Gasteiger partial charge in [-0.05, 0) is 115 Å². The van der Waals surface area contributed by atoms with E-state index in [4.69, 9.17) is 9.47 Å². The van der Waals surface area contributed by atoms with Gasteiger partial charge in [0.15, 0.2) is 0 Å². The van der Waals surface area contributed by atoms with Crippen molar-refractivity contribution in [2.75, 3.05) is 19.8 Å². The Labute approximate surface area is 237 Å². The fourth-order valence-corrected chi connectivity index (χ4v) is 7.07. The van der Waals surface area contributed by atoms with E-state index in [0.717, 1.165) is 51.4 Å². The lowest BCUT2D eigenvalue weighted by Gasteiger charge is -2.64. The van der Waals surface area contributed by atoms with Crippen molar-refractivity contribution in [1.82, 2.24) is 0 Å². The molecule has 5 fully saturated rings. The number of cyclic esters (lactones) is 1. The van der Waals surface area contributed by atoms with E-state index in [2.05, 4.69) is 11.7 Å². The van der Waals surface area contributed by atoms with E-state index in [9.17, 15) is 19.5 Å². The van der Waals surface area contributed by atoms with Crippen molar-refractivity contribution in [2.24, 2.45) is 27.6 Å². The highest BCUT2D eigenvalue weighted by atomic mass is 16.5.